The normalized spacial score (nSPS) is 14.2. The monoisotopic (exact) mass is 311 g/mol. The predicted octanol–water partition coefficient (Wildman–Crippen LogP) is 3.00. The van der Waals surface area contributed by atoms with E-state index in [2.05, 4.69) is 5.32 Å². The molecule has 1 aliphatic rings. The maximum Gasteiger partial charge on any atom is 0.335 e. The van der Waals surface area contributed by atoms with Crippen molar-refractivity contribution in [3.63, 3.8) is 0 Å². The number of amides is 2. The first-order valence-electron chi connectivity index (χ1n) is 7.28. The Bertz CT molecular complexity index is 743. The van der Waals surface area contributed by atoms with E-state index in [9.17, 15) is 9.59 Å². The molecule has 1 saturated heterocycles. The van der Waals surface area contributed by atoms with E-state index in [1.807, 2.05) is 24.3 Å². The molecule has 118 valence electrons. The number of aromatic carboxylic acids is 1. The van der Waals surface area contributed by atoms with Crippen LogP contribution in [0.3, 0.4) is 0 Å². The van der Waals surface area contributed by atoms with Crippen molar-refractivity contribution in [2.45, 2.75) is 0 Å². The summed E-state index contributed by atoms with van der Waals surface area (Å²) in [6.45, 7) is 1.39. The van der Waals surface area contributed by atoms with Gasteiger partial charge in [-0.25, -0.2) is 9.59 Å². The Morgan fingerprint density at radius 2 is 1.83 bits per heavy atom. The fourth-order valence-corrected chi connectivity index (χ4v) is 2.50. The van der Waals surface area contributed by atoms with Crippen LogP contribution in [0.4, 0.5) is 21.9 Å². The molecule has 0 radical (unpaired) electrons. The van der Waals surface area contributed by atoms with E-state index in [1.165, 1.54) is 0 Å². The van der Waals surface area contributed by atoms with E-state index < -0.39 is 5.97 Å². The molecule has 23 heavy (non-hydrogen) atoms. The fraction of sp³-hybridized carbons (Fsp3) is 0.176. The third-order valence-electron chi connectivity index (χ3n) is 3.79. The number of likely N-dealkylation sites (N-methyl/N-ethyl adjacent to an activating group) is 1. The van der Waals surface area contributed by atoms with Gasteiger partial charge in [-0.3, -0.25) is 4.90 Å². The topological polar surface area (TPSA) is 72.9 Å². The van der Waals surface area contributed by atoms with Gasteiger partial charge in [0.15, 0.2) is 0 Å². The Labute approximate surface area is 133 Å². The summed E-state index contributed by atoms with van der Waals surface area (Å²) in [5, 5.41) is 12.1. The zero-order chi connectivity index (χ0) is 16.4. The highest BCUT2D eigenvalue weighted by Crippen LogP contribution is 2.25. The lowest BCUT2D eigenvalue weighted by Gasteiger charge is -2.17. The van der Waals surface area contributed by atoms with Crippen LogP contribution in [-0.2, 0) is 0 Å². The predicted molar refractivity (Wildman–Crippen MR) is 88.5 cm³/mol. The van der Waals surface area contributed by atoms with Gasteiger partial charge in [-0.1, -0.05) is 6.07 Å². The number of hydrogen-bond acceptors (Lipinski definition) is 3. The number of hydrogen-bond donors (Lipinski definition) is 2. The maximum absolute atomic E-state index is 12.1. The highest BCUT2D eigenvalue weighted by molar-refractivity contribution is 5.94. The molecule has 0 unspecified atom stereocenters. The molecule has 2 N–H and O–H groups in total. The summed E-state index contributed by atoms with van der Waals surface area (Å²) in [7, 11) is 1.79. The first kappa shape index (κ1) is 14.9. The minimum absolute atomic E-state index is 0.00652. The quantitative estimate of drug-likeness (QED) is 0.910. The smallest absolute Gasteiger partial charge is 0.335 e. The van der Waals surface area contributed by atoms with E-state index in [0.717, 1.165) is 17.1 Å². The molecule has 0 bridgehead atoms. The number of nitrogens with one attached hydrogen (secondary N) is 1. The number of rotatable bonds is 4. The van der Waals surface area contributed by atoms with Crippen molar-refractivity contribution in [1.82, 2.24) is 4.90 Å². The van der Waals surface area contributed by atoms with Crippen LogP contribution in [0.5, 0.6) is 0 Å². The summed E-state index contributed by atoms with van der Waals surface area (Å²) < 4.78 is 0. The molecule has 0 atom stereocenters. The van der Waals surface area contributed by atoms with Crippen molar-refractivity contribution in [2.24, 2.45) is 0 Å². The van der Waals surface area contributed by atoms with Gasteiger partial charge in [0.25, 0.3) is 0 Å². The van der Waals surface area contributed by atoms with Crippen LogP contribution in [0.25, 0.3) is 0 Å². The number of anilines is 3. The molecule has 2 aromatic carbocycles. The number of carbonyl (C=O) groups is 2. The lowest BCUT2D eigenvalue weighted by Crippen LogP contribution is -2.29. The summed E-state index contributed by atoms with van der Waals surface area (Å²) in [5.41, 5.74) is 2.71. The van der Waals surface area contributed by atoms with E-state index in [1.54, 1.807) is 41.1 Å². The molecule has 0 aromatic heterocycles. The van der Waals surface area contributed by atoms with E-state index in [-0.39, 0.29) is 11.6 Å². The number of carbonyl (C=O) groups excluding carboxylic acids is 1. The van der Waals surface area contributed by atoms with Crippen molar-refractivity contribution in [3.05, 3.63) is 54.1 Å². The van der Waals surface area contributed by atoms with Crippen LogP contribution in [0.15, 0.2) is 48.5 Å². The van der Waals surface area contributed by atoms with Crippen molar-refractivity contribution in [2.75, 3.05) is 30.4 Å². The van der Waals surface area contributed by atoms with Crippen LogP contribution in [0.1, 0.15) is 10.4 Å². The largest absolute Gasteiger partial charge is 0.478 e. The Balaban J connectivity index is 1.77. The first-order valence-corrected chi connectivity index (χ1v) is 7.28. The zero-order valence-electron chi connectivity index (χ0n) is 12.7. The summed E-state index contributed by atoms with van der Waals surface area (Å²) in [6.07, 6.45) is 0. The van der Waals surface area contributed by atoms with Gasteiger partial charge in [-0.2, -0.15) is 0 Å². The standard InChI is InChI=1S/C17H17N3O3/c1-19-9-10-20(17(19)23)15-4-2-3-14(11-15)18-13-7-5-12(6-8-13)16(21)22/h2-8,11,18H,9-10H2,1H3,(H,21,22). The van der Waals surface area contributed by atoms with E-state index in [0.29, 0.717) is 13.1 Å². The highest BCUT2D eigenvalue weighted by Gasteiger charge is 2.26. The van der Waals surface area contributed by atoms with Gasteiger partial charge in [0.05, 0.1) is 5.56 Å². The molecule has 3 rings (SSSR count). The van der Waals surface area contributed by atoms with Crippen LogP contribution in [-0.4, -0.2) is 42.1 Å². The van der Waals surface area contributed by atoms with E-state index in [4.69, 9.17) is 5.11 Å². The number of carboxylic acid groups (broad SMARTS) is 1. The summed E-state index contributed by atoms with van der Waals surface area (Å²) in [5.74, 6) is -0.949. The SMILES string of the molecule is CN1CCN(c2cccc(Nc3ccc(C(=O)O)cc3)c2)C1=O. The lowest BCUT2D eigenvalue weighted by molar-refractivity contribution is 0.0697. The van der Waals surface area contributed by atoms with E-state index >= 15 is 0 Å². The second-order valence-electron chi connectivity index (χ2n) is 5.41. The molecule has 0 aliphatic carbocycles. The van der Waals surface area contributed by atoms with Gasteiger partial charge in [0.1, 0.15) is 0 Å². The minimum Gasteiger partial charge on any atom is -0.478 e. The molecule has 1 heterocycles. The molecule has 6 nitrogen and oxygen atoms in total. The summed E-state index contributed by atoms with van der Waals surface area (Å²) in [4.78, 5) is 26.3. The molecular formula is C17H17N3O3. The molecule has 1 fully saturated rings. The molecule has 0 spiro atoms. The number of carboxylic acids is 1. The van der Waals surface area contributed by atoms with Gasteiger partial charge >= 0.3 is 12.0 Å². The zero-order valence-corrected chi connectivity index (χ0v) is 12.7. The van der Waals surface area contributed by atoms with Gasteiger partial charge in [-0.05, 0) is 42.5 Å². The Morgan fingerprint density at radius 1 is 1.09 bits per heavy atom. The van der Waals surface area contributed by atoms with Gasteiger partial charge < -0.3 is 15.3 Å². The minimum atomic E-state index is -0.949. The summed E-state index contributed by atoms with van der Waals surface area (Å²) >= 11 is 0. The molecule has 1 aliphatic heterocycles. The fourth-order valence-electron chi connectivity index (χ4n) is 2.50. The van der Waals surface area contributed by atoms with Crippen molar-refractivity contribution < 1.29 is 14.7 Å². The average molecular weight is 311 g/mol. The molecular weight excluding hydrogens is 294 g/mol. The third kappa shape index (κ3) is 3.11. The van der Waals surface area contributed by atoms with Gasteiger partial charge in [0.2, 0.25) is 0 Å². The molecule has 6 heteroatoms. The Hall–Kier alpha value is -3.02. The second-order valence-corrected chi connectivity index (χ2v) is 5.41. The Kier molecular flexibility index (Phi) is 3.89. The van der Waals surface area contributed by atoms with Crippen molar-refractivity contribution >= 4 is 29.1 Å². The molecule has 2 aromatic rings. The average Bonchev–Trinajstić information content (AvgIpc) is 2.88. The number of nitrogens with zero attached hydrogens (tertiary/aromatic N) is 2. The van der Waals surface area contributed by atoms with Crippen LogP contribution in [0, 0.1) is 0 Å². The van der Waals surface area contributed by atoms with Crippen LogP contribution >= 0.6 is 0 Å². The highest BCUT2D eigenvalue weighted by atomic mass is 16.4. The summed E-state index contributed by atoms with van der Waals surface area (Å²) in [6, 6.07) is 14.1. The molecule has 0 saturated carbocycles. The third-order valence-corrected chi connectivity index (χ3v) is 3.79. The van der Waals surface area contributed by atoms with Crippen LogP contribution < -0.4 is 10.2 Å². The number of urea groups is 1. The van der Waals surface area contributed by atoms with Gasteiger partial charge in [0, 0.05) is 37.2 Å². The number of benzene rings is 2. The van der Waals surface area contributed by atoms with Crippen molar-refractivity contribution in [1.29, 1.82) is 0 Å². The maximum atomic E-state index is 12.1. The lowest BCUT2D eigenvalue weighted by atomic mass is 10.2. The first-order chi connectivity index (χ1) is 11.0. The Morgan fingerprint density at radius 3 is 2.43 bits per heavy atom. The van der Waals surface area contributed by atoms with Crippen LogP contribution in [0.2, 0.25) is 0 Å². The second kappa shape index (κ2) is 6.00. The van der Waals surface area contributed by atoms with Crippen molar-refractivity contribution in [3.8, 4) is 0 Å². The molecule has 2 amide bonds. The van der Waals surface area contributed by atoms with Gasteiger partial charge in [-0.15, -0.1) is 0 Å².